The summed E-state index contributed by atoms with van der Waals surface area (Å²) in [6, 6.07) is 8.80. The molecule has 1 aliphatic heterocycles. The Hall–Kier alpha value is -2.44. The van der Waals surface area contributed by atoms with Crippen molar-refractivity contribution in [2.24, 2.45) is 0 Å². The van der Waals surface area contributed by atoms with Gasteiger partial charge in [0.2, 0.25) is 0 Å². The van der Waals surface area contributed by atoms with Crippen LogP contribution in [0.5, 0.6) is 0 Å². The van der Waals surface area contributed by atoms with E-state index in [1.165, 1.54) is 0 Å². The molecule has 1 heterocycles. The predicted molar refractivity (Wildman–Crippen MR) is 100 cm³/mol. The molecular formula is C20H24N2O4. The second-order valence-corrected chi connectivity index (χ2v) is 7.97. The molecule has 1 aliphatic rings. The topological polar surface area (TPSA) is 89.9 Å². The van der Waals surface area contributed by atoms with Crippen LogP contribution in [-0.4, -0.2) is 51.2 Å². The van der Waals surface area contributed by atoms with E-state index in [0.29, 0.717) is 16.5 Å². The van der Waals surface area contributed by atoms with Crippen LogP contribution in [0.4, 0.5) is 5.69 Å². The summed E-state index contributed by atoms with van der Waals surface area (Å²) in [5, 5.41) is 23.8. The number of nitrogens with one attached hydrogen (secondary N) is 1. The molecule has 0 saturated carbocycles. The maximum atomic E-state index is 13.0. The lowest BCUT2D eigenvalue weighted by Gasteiger charge is -2.38. The summed E-state index contributed by atoms with van der Waals surface area (Å²) >= 11 is 0. The standard InChI is InChI=1S/C20H24N2O4/c1-19(2,10-23)21-15-9-8-14-16-12(15)6-5-7-13(16)17(25)22(18(14)26)20(3,4)11-24/h5-9,21,23-24H,10-11H2,1-4H3. The first-order chi connectivity index (χ1) is 12.1. The normalized spacial score (nSPS) is 14.9. The number of aliphatic hydroxyl groups is 2. The zero-order valence-corrected chi connectivity index (χ0v) is 15.5. The SMILES string of the molecule is CC(C)(CO)Nc1ccc2c3c(cccc13)C(=O)N(C(C)(C)CO)C2=O. The van der Waals surface area contributed by atoms with Crippen LogP contribution >= 0.6 is 0 Å². The van der Waals surface area contributed by atoms with Crippen molar-refractivity contribution in [2.75, 3.05) is 18.5 Å². The Morgan fingerprint density at radius 3 is 2.12 bits per heavy atom. The Balaban J connectivity index is 2.23. The van der Waals surface area contributed by atoms with E-state index in [1.54, 1.807) is 38.1 Å². The average Bonchev–Trinajstić information content (AvgIpc) is 2.60. The lowest BCUT2D eigenvalue weighted by Crippen LogP contribution is -2.55. The van der Waals surface area contributed by atoms with Crippen LogP contribution in [0.1, 0.15) is 48.4 Å². The number of nitrogens with zero attached hydrogens (tertiary/aromatic N) is 1. The van der Waals surface area contributed by atoms with Crippen LogP contribution in [0.25, 0.3) is 10.8 Å². The fraction of sp³-hybridized carbons (Fsp3) is 0.400. The fourth-order valence-corrected chi connectivity index (χ4v) is 3.23. The van der Waals surface area contributed by atoms with E-state index in [4.69, 9.17) is 0 Å². The number of hydrogen-bond donors (Lipinski definition) is 3. The summed E-state index contributed by atoms with van der Waals surface area (Å²) in [6.07, 6.45) is 0. The van der Waals surface area contributed by atoms with Crippen molar-refractivity contribution in [2.45, 2.75) is 38.8 Å². The summed E-state index contributed by atoms with van der Waals surface area (Å²) in [5.74, 6) is -0.823. The Kier molecular flexibility index (Phi) is 4.29. The van der Waals surface area contributed by atoms with Crippen LogP contribution in [0, 0.1) is 0 Å². The molecule has 2 aromatic carbocycles. The first kappa shape index (κ1) is 18.4. The number of hydrogen-bond acceptors (Lipinski definition) is 5. The van der Waals surface area contributed by atoms with Gasteiger partial charge in [-0.2, -0.15) is 0 Å². The van der Waals surface area contributed by atoms with E-state index in [0.717, 1.165) is 16.0 Å². The van der Waals surface area contributed by atoms with Gasteiger partial charge >= 0.3 is 0 Å². The van der Waals surface area contributed by atoms with Crippen molar-refractivity contribution in [3.8, 4) is 0 Å². The molecule has 0 unspecified atom stereocenters. The number of amides is 2. The number of rotatable bonds is 5. The number of carbonyl (C=O) groups is 2. The largest absolute Gasteiger partial charge is 0.394 e. The zero-order valence-electron chi connectivity index (χ0n) is 15.5. The summed E-state index contributed by atoms with van der Waals surface area (Å²) in [4.78, 5) is 27.1. The second kappa shape index (κ2) is 6.07. The summed E-state index contributed by atoms with van der Waals surface area (Å²) in [6.45, 7) is 6.67. The maximum Gasteiger partial charge on any atom is 0.261 e. The molecule has 3 N–H and O–H groups in total. The van der Waals surface area contributed by atoms with Gasteiger partial charge in [-0.05, 0) is 45.9 Å². The quantitative estimate of drug-likeness (QED) is 0.716. The van der Waals surface area contributed by atoms with Crippen molar-refractivity contribution in [3.63, 3.8) is 0 Å². The van der Waals surface area contributed by atoms with Crippen molar-refractivity contribution in [3.05, 3.63) is 41.5 Å². The highest BCUT2D eigenvalue weighted by molar-refractivity contribution is 6.27. The van der Waals surface area contributed by atoms with E-state index in [2.05, 4.69) is 5.32 Å². The maximum absolute atomic E-state index is 13.0. The molecule has 2 amide bonds. The van der Waals surface area contributed by atoms with Gasteiger partial charge in [0.05, 0.1) is 24.3 Å². The first-order valence-electron chi connectivity index (χ1n) is 8.57. The molecule has 0 spiro atoms. The van der Waals surface area contributed by atoms with Gasteiger partial charge < -0.3 is 15.5 Å². The van der Waals surface area contributed by atoms with Crippen molar-refractivity contribution < 1.29 is 19.8 Å². The van der Waals surface area contributed by atoms with Gasteiger partial charge in [-0.3, -0.25) is 14.5 Å². The Morgan fingerprint density at radius 1 is 0.923 bits per heavy atom. The monoisotopic (exact) mass is 356 g/mol. The lowest BCUT2D eigenvalue weighted by molar-refractivity contribution is 0.0308. The highest BCUT2D eigenvalue weighted by Gasteiger charge is 2.41. The van der Waals surface area contributed by atoms with E-state index < -0.39 is 22.9 Å². The summed E-state index contributed by atoms with van der Waals surface area (Å²) in [5.41, 5.74) is 0.0745. The third kappa shape index (κ3) is 2.75. The highest BCUT2D eigenvalue weighted by Crippen LogP contribution is 2.37. The molecule has 26 heavy (non-hydrogen) atoms. The van der Waals surface area contributed by atoms with Gasteiger partial charge in [-0.1, -0.05) is 12.1 Å². The molecule has 3 rings (SSSR count). The zero-order chi connectivity index (χ0) is 19.3. The van der Waals surface area contributed by atoms with E-state index in [1.807, 2.05) is 19.9 Å². The minimum absolute atomic E-state index is 0.0632. The minimum Gasteiger partial charge on any atom is -0.394 e. The number of carbonyl (C=O) groups excluding carboxylic acids is 2. The fourth-order valence-electron chi connectivity index (χ4n) is 3.23. The van der Waals surface area contributed by atoms with Gasteiger partial charge in [-0.25, -0.2) is 0 Å². The van der Waals surface area contributed by atoms with Gasteiger partial charge in [0.1, 0.15) is 0 Å². The van der Waals surface area contributed by atoms with Gasteiger partial charge in [-0.15, -0.1) is 0 Å². The van der Waals surface area contributed by atoms with Gasteiger partial charge in [0, 0.05) is 27.6 Å². The Morgan fingerprint density at radius 2 is 1.54 bits per heavy atom. The van der Waals surface area contributed by atoms with Crippen molar-refractivity contribution >= 4 is 28.3 Å². The van der Waals surface area contributed by atoms with Crippen LogP contribution in [-0.2, 0) is 0 Å². The number of benzene rings is 2. The molecule has 0 fully saturated rings. The van der Waals surface area contributed by atoms with E-state index >= 15 is 0 Å². The van der Waals surface area contributed by atoms with Gasteiger partial charge in [0.15, 0.2) is 0 Å². The van der Waals surface area contributed by atoms with Crippen LogP contribution in [0.15, 0.2) is 30.3 Å². The van der Waals surface area contributed by atoms with Crippen molar-refractivity contribution in [1.82, 2.24) is 4.90 Å². The third-order valence-corrected chi connectivity index (χ3v) is 4.77. The molecular weight excluding hydrogens is 332 g/mol. The molecule has 0 atom stereocenters. The smallest absolute Gasteiger partial charge is 0.261 e. The third-order valence-electron chi connectivity index (χ3n) is 4.77. The first-order valence-corrected chi connectivity index (χ1v) is 8.57. The summed E-state index contributed by atoms with van der Waals surface area (Å²) < 4.78 is 0. The Labute approximate surface area is 152 Å². The van der Waals surface area contributed by atoms with Crippen LogP contribution in [0.2, 0.25) is 0 Å². The predicted octanol–water partition coefficient (Wildman–Crippen LogP) is 2.39. The van der Waals surface area contributed by atoms with E-state index in [9.17, 15) is 19.8 Å². The van der Waals surface area contributed by atoms with Gasteiger partial charge in [0.25, 0.3) is 11.8 Å². The molecule has 0 aliphatic carbocycles. The highest BCUT2D eigenvalue weighted by atomic mass is 16.3. The lowest BCUT2D eigenvalue weighted by atomic mass is 9.89. The number of anilines is 1. The summed E-state index contributed by atoms with van der Waals surface area (Å²) in [7, 11) is 0. The molecule has 0 saturated heterocycles. The Bertz CT molecular complexity index is 880. The molecule has 6 heteroatoms. The van der Waals surface area contributed by atoms with Crippen LogP contribution in [0.3, 0.4) is 0 Å². The molecule has 0 radical (unpaired) electrons. The molecule has 0 aromatic heterocycles. The average molecular weight is 356 g/mol. The number of aliphatic hydroxyl groups excluding tert-OH is 2. The minimum atomic E-state index is -0.996. The molecule has 0 bridgehead atoms. The molecule has 6 nitrogen and oxygen atoms in total. The van der Waals surface area contributed by atoms with E-state index in [-0.39, 0.29) is 13.2 Å². The van der Waals surface area contributed by atoms with Crippen molar-refractivity contribution in [1.29, 1.82) is 0 Å². The second-order valence-electron chi connectivity index (χ2n) is 7.97. The molecule has 138 valence electrons. The van der Waals surface area contributed by atoms with Crippen LogP contribution < -0.4 is 5.32 Å². The molecule has 2 aromatic rings. The number of imide groups is 1.